The number of hydrogen-bond acceptors (Lipinski definition) is 2. The number of aromatic nitrogens is 2. The lowest BCUT2D eigenvalue weighted by Gasteiger charge is -2.02. The third-order valence-corrected chi connectivity index (χ3v) is 2.69. The summed E-state index contributed by atoms with van der Waals surface area (Å²) in [5.74, 6) is 0. The molecule has 2 aromatic heterocycles. The fourth-order valence-electron chi connectivity index (χ4n) is 1.83. The lowest BCUT2D eigenvalue weighted by Crippen LogP contribution is -2.06. The Balaban J connectivity index is 2.27. The van der Waals surface area contributed by atoms with Gasteiger partial charge in [-0.15, -0.1) is 0 Å². The minimum atomic E-state index is -0.153. The van der Waals surface area contributed by atoms with Crippen molar-refractivity contribution < 1.29 is 0 Å². The molecule has 0 radical (unpaired) electrons. The maximum absolute atomic E-state index is 11.6. The fourth-order valence-corrected chi connectivity index (χ4v) is 1.83. The molecule has 0 bridgehead atoms. The molecule has 0 aliphatic carbocycles. The number of nitrogens with one attached hydrogen (secondary N) is 1. The van der Waals surface area contributed by atoms with Crippen LogP contribution in [0, 0.1) is 0 Å². The molecule has 0 aliphatic rings. The standard InChI is InChI=1S/C14H10N2O/c17-14-13-11(8-9-15-14)6-7-12(16-13)10-4-2-1-3-5-10/h1-9H,(H,15,17). The van der Waals surface area contributed by atoms with Crippen molar-refractivity contribution in [3.63, 3.8) is 0 Å². The highest BCUT2D eigenvalue weighted by Gasteiger charge is 2.03. The number of H-pyrrole nitrogens is 1. The Morgan fingerprint density at radius 1 is 0.941 bits per heavy atom. The predicted octanol–water partition coefficient (Wildman–Crippen LogP) is 2.59. The molecule has 0 saturated heterocycles. The zero-order valence-corrected chi connectivity index (χ0v) is 9.05. The number of benzene rings is 1. The summed E-state index contributed by atoms with van der Waals surface area (Å²) in [6.45, 7) is 0. The highest BCUT2D eigenvalue weighted by molar-refractivity contribution is 5.80. The molecule has 0 spiro atoms. The summed E-state index contributed by atoms with van der Waals surface area (Å²) in [6, 6.07) is 15.5. The van der Waals surface area contributed by atoms with Crippen molar-refractivity contribution in [1.82, 2.24) is 9.97 Å². The van der Waals surface area contributed by atoms with Crippen molar-refractivity contribution in [2.75, 3.05) is 0 Å². The van der Waals surface area contributed by atoms with E-state index in [9.17, 15) is 4.79 Å². The summed E-state index contributed by atoms with van der Waals surface area (Å²) < 4.78 is 0. The Kier molecular flexibility index (Phi) is 2.22. The van der Waals surface area contributed by atoms with Gasteiger partial charge in [-0.2, -0.15) is 0 Å². The maximum Gasteiger partial charge on any atom is 0.274 e. The molecule has 17 heavy (non-hydrogen) atoms. The van der Waals surface area contributed by atoms with Gasteiger partial charge >= 0.3 is 0 Å². The van der Waals surface area contributed by atoms with E-state index in [4.69, 9.17) is 0 Å². The van der Waals surface area contributed by atoms with Crippen molar-refractivity contribution >= 4 is 10.9 Å². The van der Waals surface area contributed by atoms with Gasteiger partial charge in [0.15, 0.2) is 0 Å². The Morgan fingerprint density at radius 3 is 2.59 bits per heavy atom. The summed E-state index contributed by atoms with van der Waals surface area (Å²) in [5.41, 5.74) is 2.15. The van der Waals surface area contributed by atoms with E-state index in [0.717, 1.165) is 16.6 Å². The van der Waals surface area contributed by atoms with E-state index in [-0.39, 0.29) is 5.56 Å². The average molecular weight is 222 g/mol. The van der Waals surface area contributed by atoms with E-state index in [0.29, 0.717) is 5.52 Å². The lowest BCUT2D eigenvalue weighted by atomic mass is 10.1. The first-order chi connectivity index (χ1) is 8.34. The molecular weight excluding hydrogens is 212 g/mol. The average Bonchev–Trinajstić information content (AvgIpc) is 2.40. The smallest absolute Gasteiger partial charge is 0.274 e. The Labute approximate surface area is 97.8 Å². The first-order valence-corrected chi connectivity index (χ1v) is 5.38. The largest absolute Gasteiger partial charge is 0.327 e. The highest BCUT2D eigenvalue weighted by atomic mass is 16.1. The number of fused-ring (bicyclic) bond motifs is 1. The molecule has 0 fully saturated rings. The predicted molar refractivity (Wildman–Crippen MR) is 67.8 cm³/mol. The van der Waals surface area contributed by atoms with E-state index in [1.165, 1.54) is 0 Å². The molecule has 0 saturated carbocycles. The highest BCUT2D eigenvalue weighted by Crippen LogP contribution is 2.18. The molecule has 3 aromatic rings. The van der Waals surface area contributed by atoms with E-state index in [1.807, 2.05) is 48.5 Å². The fraction of sp³-hybridized carbons (Fsp3) is 0. The first kappa shape index (κ1) is 9.78. The second-order valence-corrected chi connectivity index (χ2v) is 3.81. The van der Waals surface area contributed by atoms with Crippen LogP contribution >= 0.6 is 0 Å². The van der Waals surface area contributed by atoms with Gasteiger partial charge in [-0.1, -0.05) is 36.4 Å². The molecule has 0 amide bonds. The molecular formula is C14H10N2O. The van der Waals surface area contributed by atoms with Gasteiger partial charge < -0.3 is 4.98 Å². The molecule has 3 heteroatoms. The molecule has 1 aromatic carbocycles. The third kappa shape index (κ3) is 1.72. The third-order valence-electron chi connectivity index (χ3n) is 2.69. The molecule has 0 unspecified atom stereocenters. The van der Waals surface area contributed by atoms with Crippen molar-refractivity contribution in [3.05, 3.63) is 65.1 Å². The van der Waals surface area contributed by atoms with Crippen LogP contribution < -0.4 is 5.56 Å². The number of hydrogen-bond donors (Lipinski definition) is 1. The summed E-state index contributed by atoms with van der Waals surface area (Å²) in [5, 5.41) is 0.855. The zero-order valence-electron chi connectivity index (χ0n) is 9.05. The van der Waals surface area contributed by atoms with E-state index in [2.05, 4.69) is 9.97 Å². The van der Waals surface area contributed by atoms with E-state index in [1.54, 1.807) is 6.20 Å². The van der Waals surface area contributed by atoms with E-state index < -0.39 is 0 Å². The van der Waals surface area contributed by atoms with Gasteiger partial charge in [0, 0.05) is 17.1 Å². The number of rotatable bonds is 1. The van der Waals surface area contributed by atoms with Crippen LogP contribution in [0.15, 0.2) is 59.5 Å². The normalized spacial score (nSPS) is 10.6. The van der Waals surface area contributed by atoms with Gasteiger partial charge in [0.05, 0.1) is 5.69 Å². The molecule has 82 valence electrons. The number of aromatic amines is 1. The van der Waals surface area contributed by atoms with Crippen LogP contribution in [0.2, 0.25) is 0 Å². The van der Waals surface area contributed by atoms with Crippen LogP contribution in [0.1, 0.15) is 0 Å². The summed E-state index contributed by atoms with van der Waals surface area (Å²) in [6.07, 6.45) is 1.63. The molecule has 2 heterocycles. The summed E-state index contributed by atoms with van der Waals surface area (Å²) >= 11 is 0. The second kappa shape index (κ2) is 3.87. The van der Waals surface area contributed by atoms with Gasteiger partial charge in [-0.3, -0.25) is 4.79 Å². The van der Waals surface area contributed by atoms with Crippen LogP contribution in [-0.4, -0.2) is 9.97 Å². The molecule has 0 atom stereocenters. The van der Waals surface area contributed by atoms with Crippen LogP contribution in [0.4, 0.5) is 0 Å². The lowest BCUT2D eigenvalue weighted by molar-refractivity contribution is 1.24. The van der Waals surface area contributed by atoms with Gasteiger partial charge in [0.1, 0.15) is 5.52 Å². The minimum absolute atomic E-state index is 0.153. The van der Waals surface area contributed by atoms with Crippen molar-refractivity contribution in [1.29, 1.82) is 0 Å². The molecule has 3 nitrogen and oxygen atoms in total. The topological polar surface area (TPSA) is 45.8 Å². The SMILES string of the molecule is O=c1[nH]ccc2ccc(-c3ccccc3)nc12. The summed E-state index contributed by atoms with van der Waals surface area (Å²) in [4.78, 5) is 18.7. The minimum Gasteiger partial charge on any atom is -0.327 e. The second-order valence-electron chi connectivity index (χ2n) is 3.81. The van der Waals surface area contributed by atoms with Gasteiger partial charge in [-0.25, -0.2) is 4.98 Å². The number of nitrogens with zero attached hydrogens (tertiary/aromatic N) is 1. The maximum atomic E-state index is 11.6. The Bertz CT molecular complexity index is 717. The van der Waals surface area contributed by atoms with Crippen LogP contribution in [-0.2, 0) is 0 Å². The Morgan fingerprint density at radius 2 is 1.76 bits per heavy atom. The number of pyridine rings is 2. The molecule has 1 N–H and O–H groups in total. The van der Waals surface area contributed by atoms with Crippen LogP contribution in [0.3, 0.4) is 0 Å². The van der Waals surface area contributed by atoms with Crippen LogP contribution in [0.5, 0.6) is 0 Å². The van der Waals surface area contributed by atoms with Crippen molar-refractivity contribution in [2.24, 2.45) is 0 Å². The first-order valence-electron chi connectivity index (χ1n) is 5.38. The van der Waals surface area contributed by atoms with E-state index >= 15 is 0 Å². The van der Waals surface area contributed by atoms with Crippen molar-refractivity contribution in [2.45, 2.75) is 0 Å². The van der Waals surface area contributed by atoms with Gasteiger partial charge in [-0.05, 0) is 12.1 Å². The summed E-state index contributed by atoms with van der Waals surface area (Å²) in [7, 11) is 0. The van der Waals surface area contributed by atoms with Crippen molar-refractivity contribution in [3.8, 4) is 11.3 Å². The monoisotopic (exact) mass is 222 g/mol. The zero-order chi connectivity index (χ0) is 11.7. The van der Waals surface area contributed by atoms with Gasteiger partial charge in [0.2, 0.25) is 0 Å². The molecule has 0 aliphatic heterocycles. The quantitative estimate of drug-likeness (QED) is 0.687. The van der Waals surface area contributed by atoms with Gasteiger partial charge in [0.25, 0.3) is 5.56 Å². The van der Waals surface area contributed by atoms with Crippen LogP contribution in [0.25, 0.3) is 22.2 Å². The molecule has 3 rings (SSSR count). The Hall–Kier alpha value is -2.42.